The molecule has 23 heavy (non-hydrogen) atoms. The third-order valence-electron chi connectivity index (χ3n) is 4.31. The van der Waals surface area contributed by atoms with Crippen molar-refractivity contribution in [3.63, 3.8) is 0 Å². The lowest BCUT2D eigenvalue weighted by Crippen LogP contribution is -2.37. The number of nitrogens with zero attached hydrogens (tertiary/aromatic N) is 2. The number of hydrogen-bond donors (Lipinski definition) is 1. The quantitative estimate of drug-likeness (QED) is 0.890. The Bertz CT molecular complexity index is 597. The topological polar surface area (TPSA) is 37.4 Å². The minimum atomic E-state index is 0.500. The van der Waals surface area contributed by atoms with Gasteiger partial charge < -0.3 is 15.0 Å². The number of nitrogens with one attached hydrogen (secondary N) is 1. The first-order valence-electron chi connectivity index (χ1n) is 8.37. The number of rotatable bonds is 6. The van der Waals surface area contributed by atoms with Gasteiger partial charge in [-0.2, -0.15) is 0 Å². The predicted molar refractivity (Wildman–Crippen MR) is 93.8 cm³/mol. The van der Waals surface area contributed by atoms with E-state index in [2.05, 4.69) is 58.5 Å². The summed E-state index contributed by atoms with van der Waals surface area (Å²) in [5.74, 6) is 1.59. The number of morpholine rings is 1. The minimum absolute atomic E-state index is 0.500. The maximum atomic E-state index is 5.44. The summed E-state index contributed by atoms with van der Waals surface area (Å²) in [5.41, 5.74) is 2.63. The SMILES string of the molecule is CC(CNCc1cccnc1N1CCOCC1)c1ccccc1. The summed E-state index contributed by atoms with van der Waals surface area (Å²) >= 11 is 0. The van der Waals surface area contributed by atoms with Crippen LogP contribution in [0.5, 0.6) is 0 Å². The van der Waals surface area contributed by atoms with E-state index in [1.165, 1.54) is 11.1 Å². The maximum absolute atomic E-state index is 5.44. The zero-order valence-electron chi connectivity index (χ0n) is 13.7. The fourth-order valence-corrected chi connectivity index (χ4v) is 2.95. The Morgan fingerprint density at radius 1 is 1.13 bits per heavy atom. The van der Waals surface area contributed by atoms with Gasteiger partial charge in [0.15, 0.2) is 0 Å². The number of anilines is 1. The van der Waals surface area contributed by atoms with Crippen molar-refractivity contribution in [1.29, 1.82) is 0 Å². The van der Waals surface area contributed by atoms with Crippen LogP contribution in [0.2, 0.25) is 0 Å². The largest absolute Gasteiger partial charge is 0.378 e. The number of ether oxygens (including phenoxy) is 1. The molecule has 4 nitrogen and oxygen atoms in total. The van der Waals surface area contributed by atoms with Gasteiger partial charge in [0, 0.05) is 37.9 Å². The van der Waals surface area contributed by atoms with Crippen molar-refractivity contribution in [2.75, 3.05) is 37.7 Å². The van der Waals surface area contributed by atoms with Crippen LogP contribution in [0.4, 0.5) is 5.82 Å². The molecule has 0 radical (unpaired) electrons. The average molecular weight is 311 g/mol. The number of benzene rings is 1. The van der Waals surface area contributed by atoms with Crippen molar-refractivity contribution in [3.8, 4) is 0 Å². The molecule has 0 amide bonds. The Kier molecular flexibility index (Phi) is 5.61. The molecule has 3 rings (SSSR count). The first-order chi connectivity index (χ1) is 11.3. The lowest BCUT2D eigenvalue weighted by Gasteiger charge is -2.29. The van der Waals surface area contributed by atoms with Gasteiger partial charge in [-0.1, -0.05) is 43.3 Å². The van der Waals surface area contributed by atoms with E-state index in [9.17, 15) is 0 Å². The van der Waals surface area contributed by atoms with E-state index >= 15 is 0 Å². The molecule has 1 N–H and O–H groups in total. The van der Waals surface area contributed by atoms with Crippen LogP contribution < -0.4 is 10.2 Å². The van der Waals surface area contributed by atoms with Crippen molar-refractivity contribution in [2.45, 2.75) is 19.4 Å². The van der Waals surface area contributed by atoms with E-state index < -0.39 is 0 Å². The lowest BCUT2D eigenvalue weighted by molar-refractivity contribution is 0.122. The zero-order valence-corrected chi connectivity index (χ0v) is 13.7. The van der Waals surface area contributed by atoms with E-state index in [1.54, 1.807) is 0 Å². The summed E-state index contributed by atoms with van der Waals surface area (Å²) in [4.78, 5) is 6.91. The van der Waals surface area contributed by atoms with Crippen LogP contribution in [-0.4, -0.2) is 37.8 Å². The number of pyridine rings is 1. The molecule has 1 unspecified atom stereocenters. The van der Waals surface area contributed by atoms with Crippen LogP contribution in [0.1, 0.15) is 24.0 Å². The average Bonchev–Trinajstić information content (AvgIpc) is 2.63. The molecule has 122 valence electrons. The van der Waals surface area contributed by atoms with Crippen molar-refractivity contribution < 1.29 is 4.74 Å². The van der Waals surface area contributed by atoms with Gasteiger partial charge in [-0.25, -0.2) is 4.98 Å². The molecule has 1 aliphatic rings. The third-order valence-corrected chi connectivity index (χ3v) is 4.31. The molecule has 1 aliphatic heterocycles. The smallest absolute Gasteiger partial charge is 0.133 e. The summed E-state index contributed by atoms with van der Waals surface area (Å²) in [6.07, 6.45) is 1.88. The van der Waals surface area contributed by atoms with Gasteiger partial charge in [0.05, 0.1) is 13.2 Å². The summed E-state index contributed by atoms with van der Waals surface area (Å²) < 4.78 is 5.44. The fourth-order valence-electron chi connectivity index (χ4n) is 2.95. The molecular formula is C19H25N3O. The Balaban J connectivity index is 1.58. The second-order valence-electron chi connectivity index (χ2n) is 6.03. The molecular weight excluding hydrogens is 286 g/mol. The summed E-state index contributed by atoms with van der Waals surface area (Å²) in [5, 5.41) is 3.58. The Morgan fingerprint density at radius 3 is 2.70 bits per heavy atom. The molecule has 4 heteroatoms. The van der Waals surface area contributed by atoms with Crippen LogP contribution >= 0.6 is 0 Å². The number of hydrogen-bond acceptors (Lipinski definition) is 4. The summed E-state index contributed by atoms with van der Waals surface area (Å²) in [6.45, 7) is 7.48. The monoisotopic (exact) mass is 311 g/mol. The van der Waals surface area contributed by atoms with Crippen molar-refractivity contribution >= 4 is 5.82 Å². The molecule has 1 atom stereocenters. The van der Waals surface area contributed by atoms with Crippen LogP contribution in [0.3, 0.4) is 0 Å². The molecule has 0 bridgehead atoms. The molecule has 0 saturated carbocycles. The first-order valence-corrected chi connectivity index (χ1v) is 8.37. The van der Waals surface area contributed by atoms with Crippen molar-refractivity contribution in [3.05, 3.63) is 59.8 Å². The lowest BCUT2D eigenvalue weighted by atomic mass is 10.0. The molecule has 1 fully saturated rings. The highest BCUT2D eigenvalue weighted by atomic mass is 16.5. The Hall–Kier alpha value is -1.91. The highest BCUT2D eigenvalue weighted by molar-refractivity contribution is 5.47. The second-order valence-corrected chi connectivity index (χ2v) is 6.03. The molecule has 0 spiro atoms. The van der Waals surface area contributed by atoms with E-state index in [1.807, 2.05) is 12.3 Å². The van der Waals surface area contributed by atoms with Gasteiger partial charge in [-0.05, 0) is 17.5 Å². The van der Waals surface area contributed by atoms with Crippen molar-refractivity contribution in [2.24, 2.45) is 0 Å². The maximum Gasteiger partial charge on any atom is 0.133 e. The van der Waals surface area contributed by atoms with E-state index in [0.717, 1.165) is 45.2 Å². The molecule has 1 saturated heterocycles. The normalized spacial score (nSPS) is 16.3. The van der Waals surface area contributed by atoms with Crippen LogP contribution in [0.25, 0.3) is 0 Å². The molecule has 2 aromatic rings. The first kappa shape index (κ1) is 16.0. The highest BCUT2D eigenvalue weighted by Crippen LogP contribution is 2.19. The molecule has 0 aliphatic carbocycles. The molecule has 1 aromatic carbocycles. The Labute approximate surface area is 138 Å². The van der Waals surface area contributed by atoms with Crippen LogP contribution in [0.15, 0.2) is 48.7 Å². The standard InChI is InChI=1S/C19H25N3O/c1-16(17-6-3-2-4-7-17)14-20-15-18-8-5-9-21-19(18)22-10-12-23-13-11-22/h2-9,16,20H,10-15H2,1H3. The fraction of sp³-hybridized carbons (Fsp3) is 0.421. The van der Waals surface area contributed by atoms with Gasteiger partial charge in [-0.15, -0.1) is 0 Å². The zero-order chi connectivity index (χ0) is 15.9. The van der Waals surface area contributed by atoms with Crippen molar-refractivity contribution in [1.82, 2.24) is 10.3 Å². The molecule has 2 heterocycles. The van der Waals surface area contributed by atoms with Gasteiger partial charge in [0.2, 0.25) is 0 Å². The predicted octanol–water partition coefficient (Wildman–Crippen LogP) is 2.81. The second kappa shape index (κ2) is 8.09. The number of aromatic nitrogens is 1. The van der Waals surface area contributed by atoms with E-state index in [4.69, 9.17) is 4.74 Å². The highest BCUT2D eigenvalue weighted by Gasteiger charge is 2.15. The molecule has 1 aromatic heterocycles. The minimum Gasteiger partial charge on any atom is -0.378 e. The van der Waals surface area contributed by atoms with E-state index in [-0.39, 0.29) is 0 Å². The van der Waals surface area contributed by atoms with Gasteiger partial charge in [0.1, 0.15) is 5.82 Å². The van der Waals surface area contributed by atoms with Gasteiger partial charge >= 0.3 is 0 Å². The van der Waals surface area contributed by atoms with Gasteiger partial charge in [0.25, 0.3) is 0 Å². The van der Waals surface area contributed by atoms with Gasteiger partial charge in [-0.3, -0.25) is 0 Å². The van der Waals surface area contributed by atoms with Crippen LogP contribution in [-0.2, 0) is 11.3 Å². The summed E-state index contributed by atoms with van der Waals surface area (Å²) in [6, 6.07) is 14.8. The van der Waals surface area contributed by atoms with Crippen LogP contribution in [0, 0.1) is 0 Å². The van der Waals surface area contributed by atoms with E-state index in [0.29, 0.717) is 5.92 Å². The third kappa shape index (κ3) is 4.30. The summed E-state index contributed by atoms with van der Waals surface area (Å²) in [7, 11) is 0. The Morgan fingerprint density at radius 2 is 1.91 bits per heavy atom.